The Morgan fingerprint density at radius 2 is 1.58 bits per heavy atom. The second-order valence-electron chi connectivity index (χ2n) is 8.49. The number of halogens is 5. The third-order valence-corrected chi connectivity index (χ3v) is 6.17. The van der Waals surface area contributed by atoms with E-state index in [0.717, 1.165) is 12.3 Å². The topological polar surface area (TPSA) is 82.0 Å². The molecule has 0 atom stereocenters. The highest BCUT2D eigenvalue weighted by molar-refractivity contribution is 5.96. The van der Waals surface area contributed by atoms with Crippen LogP contribution in [-0.4, -0.2) is 24.3 Å². The summed E-state index contributed by atoms with van der Waals surface area (Å²) in [5.41, 5.74) is 7.76. The standard InChI is InChI=1S/C27H15F5N6/c28-13-1-5-21-16(9-13)15(7-8-34-21)18-11-35-27(37-26(18)33)25-22-6-2-14(29)12-38(22)23(36-25)10-17-19(30)3-4-20(31)24(17)32/h1-9,11-12H,10H2,(H2,33,35,37). The largest absolute Gasteiger partial charge is 0.383 e. The minimum absolute atomic E-state index is 0.0275. The molecule has 6 nitrogen and oxygen atoms in total. The summed E-state index contributed by atoms with van der Waals surface area (Å²) in [4.78, 5) is 17.4. The fraction of sp³-hybridized carbons (Fsp3) is 0.0370. The van der Waals surface area contributed by atoms with Crippen LogP contribution in [0.5, 0.6) is 0 Å². The van der Waals surface area contributed by atoms with Gasteiger partial charge in [0.05, 0.1) is 11.0 Å². The third kappa shape index (κ3) is 3.88. The first-order chi connectivity index (χ1) is 18.3. The zero-order chi connectivity index (χ0) is 26.6. The molecule has 0 aliphatic carbocycles. The number of hydrogen-bond acceptors (Lipinski definition) is 5. The monoisotopic (exact) mass is 518 g/mol. The summed E-state index contributed by atoms with van der Waals surface area (Å²) < 4.78 is 71.8. The number of nitrogens with two attached hydrogens (primary N) is 1. The number of benzene rings is 2. The molecule has 188 valence electrons. The number of nitrogens with zero attached hydrogens (tertiary/aromatic N) is 5. The molecule has 4 heterocycles. The Balaban J connectivity index is 1.48. The van der Waals surface area contributed by atoms with Crippen molar-refractivity contribution < 1.29 is 22.0 Å². The van der Waals surface area contributed by atoms with Gasteiger partial charge in [-0.1, -0.05) is 0 Å². The van der Waals surface area contributed by atoms with Gasteiger partial charge < -0.3 is 5.73 Å². The molecular formula is C27H15F5N6. The van der Waals surface area contributed by atoms with Gasteiger partial charge in [-0.2, -0.15) is 0 Å². The van der Waals surface area contributed by atoms with E-state index >= 15 is 0 Å². The van der Waals surface area contributed by atoms with Gasteiger partial charge in [0.1, 0.15) is 34.8 Å². The Hall–Kier alpha value is -4.93. The molecule has 0 unspecified atom stereocenters. The Kier molecular flexibility index (Phi) is 5.48. The Labute approximate surface area is 211 Å². The molecule has 0 spiro atoms. The van der Waals surface area contributed by atoms with Gasteiger partial charge in [0.15, 0.2) is 17.5 Å². The van der Waals surface area contributed by atoms with Crippen LogP contribution >= 0.6 is 0 Å². The number of fused-ring (bicyclic) bond motifs is 2. The van der Waals surface area contributed by atoms with E-state index in [2.05, 4.69) is 19.9 Å². The summed E-state index contributed by atoms with van der Waals surface area (Å²) in [5, 5.41) is 0.514. The molecule has 0 saturated heterocycles. The van der Waals surface area contributed by atoms with E-state index in [4.69, 9.17) is 5.73 Å². The SMILES string of the molecule is Nc1nc(-c2nc(Cc3c(F)ccc(F)c3F)n3cc(F)ccc23)ncc1-c1ccnc2ccc(F)cc12. The van der Waals surface area contributed by atoms with Crippen molar-refractivity contribution in [3.05, 3.63) is 108 Å². The highest BCUT2D eigenvalue weighted by atomic mass is 19.2. The lowest BCUT2D eigenvalue weighted by Crippen LogP contribution is -2.04. The number of anilines is 1. The molecule has 6 rings (SSSR count). The quantitative estimate of drug-likeness (QED) is 0.233. The molecule has 0 fully saturated rings. The van der Waals surface area contributed by atoms with Crippen molar-refractivity contribution >= 4 is 22.2 Å². The van der Waals surface area contributed by atoms with Gasteiger partial charge in [-0.25, -0.2) is 36.9 Å². The van der Waals surface area contributed by atoms with Gasteiger partial charge in [0.2, 0.25) is 0 Å². The molecule has 0 saturated carbocycles. The van der Waals surface area contributed by atoms with Gasteiger partial charge in [-0.3, -0.25) is 9.38 Å². The van der Waals surface area contributed by atoms with E-state index < -0.39 is 41.1 Å². The van der Waals surface area contributed by atoms with Crippen LogP contribution in [0.4, 0.5) is 27.8 Å². The zero-order valence-electron chi connectivity index (χ0n) is 19.3. The minimum atomic E-state index is -1.36. The highest BCUT2D eigenvalue weighted by Crippen LogP contribution is 2.33. The van der Waals surface area contributed by atoms with E-state index in [1.165, 1.54) is 34.9 Å². The molecule has 0 aliphatic heterocycles. The number of hydrogen-bond donors (Lipinski definition) is 1. The lowest BCUT2D eigenvalue weighted by atomic mass is 10.0. The van der Waals surface area contributed by atoms with Crippen molar-refractivity contribution in [3.63, 3.8) is 0 Å². The first-order valence-corrected chi connectivity index (χ1v) is 11.3. The maximum absolute atomic E-state index is 14.4. The Morgan fingerprint density at radius 1 is 0.789 bits per heavy atom. The van der Waals surface area contributed by atoms with Crippen LogP contribution in [0.25, 0.3) is 39.1 Å². The summed E-state index contributed by atoms with van der Waals surface area (Å²) in [6.07, 6.45) is 3.61. The van der Waals surface area contributed by atoms with Gasteiger partial charge >= 0.3 is 0 Å². The van der Waals surface area contributed by atoms with Gasteiger partial charge in [-0.05, 0) is 54.1 Å². The fourth-order valence-corrected chi connectivity index (χ4v) is 4.37. The van der Waals surface area contributed by atoms with E-state index in [-0.39, 0.29) is 23.2 Å². The molecule has 6 aromatic rings. The van der Waals surface area contributed by atoms with E-state index in [1.807, 2.05) is 0 Å². The second kappa shape index (κ2) is 8.87. The van der Waals surface area contributed by atoms with Crippen LogP contribution in [0.2, 0.25) is 0 Å². The first-order valence-electron chi connectivity index (χ1n) is 11.3. The van der Waals surface area contributed by atoms with Gasteiger partial charge in [0.25, 0.3) is 0 Å². The molecule has 2 N–H and O–H groups in total. The van der Waals surface area contributed by atoms with Crippen molar-refractivity contribution in [1.29, 1.82) is 0 Å². The maximum atomic E-state index is 14.4. The molecule has 2 aromatic carbocycles. The first kappa shape index (κ1) is 23.5. The number of pyridine rings is 2. The van der Waals surface area contributed by atoms with Gasteiger partial charge in [-0.15, -0.1) is 0 Å². The third-order valence-electron chi connectivity index (χ3n) is 6.17. The van der Waals surface area contributed by atoms with Crippen LogP contribution in [0.1, 0.15) is 11.4 Å². The van der Waals surface area contributed by atoms with Crippen molar-refractivity contribution in [2.45, 2.75) is 6.42 Å². The normalized spacial score (nSPS) is 11.5. The number of rotatable bonds is 4. The lowest BCUT2D eigenvalue weighted by molar-refractivity contribution is 0.481. The summed E-state index contributed by atoms with van der Waals surface area (Å²) in [6.45, 7) is 0. The minimum Gasteiger partial charge on any atom is -0.383 e. The maximum Gasteiger partial charge on any atom is 0.182 e. The molecule has 0 amide bonds. The summed E-state index contributed by atoms with van der Waals surface area (Å²) >= 11 is 0. The van der Waals surface area contributed by atoms with Crippen LogP contribution in [-0.2, 0) is 6.42 Å². The van der Waals surface area contributed by atoms with Crippen LogP contribution in [0.15, 0.2) is 67.1 Å². The number of imidazole rings is 1. The van der Waals surface area contributed by atoms with Crippen molar-refractivity contribution in [1.82, 2.24) is 24.3 Å². The predicted octanol–water partition coefficient (Wildman–Crippen LogP) is 5.88. The molecule has 0 radical (unpaired) electrons. The van der Waals surface area contributed by atoms with Crippen molar-refractivity contribution in [2.24, 2.45) is 0 Å². The highest BCUT2D eigenvalue weighted by Gasteiger charge is 2.21. The molecular weight excluding hydrogens is 503 g/mol. The molecule has 0 bridgehead atoms. The fourth-order valence-electron chi connectivity index (χ4n) is 4.37. The Morgan fingerprint density at radius 3 is 2.39 bits per heavy atom. The van der Waals surface area contributed by atoms with Crippen LogP contribution in [0, 0.1) is 29.1 Å². The predicted molar refractivity (Wildman–Crippen MR) is 130 cm³/mol. The van der Waals surface area contributed by atoms with E-state index in [0.29, 0.717) is 33.6 Å². The van der Waals surface area contributed by atoms with Crippen LogP contribution < -0.4 is 5.73 Å². The summed E-state index contributed by atoms with van der Waals surface area (Å²) in [6, 6.07) is 9.92. The molecule has 4 aromatic heterocycles. The lowest BCUT2D eigenvalue weighted by Gasteiger charge is -2.09. The second-order valence-corrected chi connectivity index (χ2v) is 8.49. The zero-order valence-corrected chi connectivity index (χ0v) is 19.3. The summed E-state index contributed by atoms with van der Waals surface area (Å²) in [7, 11) is 0. The van der Waals surface area contributed by atoms with Crippen molar-refractivity contribution in [3.8, 4) is 22.6 Å². The van der Waals surface area contributed by atoms with E-state index in [9.17, 15) is 22.0 Å². The average Bonchev–Trinajstić information content (AvgIpc) is 3.26. The van der Waals surface area contributed by atoms with E-state index in [1.54, 1.807) is 18.3 Å². The van der Waals surface area contributed by atoms with Crippen molar-refractivity contribution in [2.75, 3.05) is 5.73 Å². The number of aromatic nitrogens is 5. The van der Waals surface area contributed by atoms with Crippen LogP contribution in [0.3, 0.4) is 0 Å². The molecule has 38 heavy (non-hydrogen) atoms. The van der Waals surface area contributed by atoms with Gasteiger partial charge in [0, 0.05) is 41.5 Å². The Bertz CT molecular complexity index is 1880. The number of nitrogen functional groups attached to an aromatic ring is 1. The average molecular weight is 518 g/mol. The molecule has 0 aliphatic rings. The molecule has 11 heteroatoms. The summed E-state index contributed by atoms with van der Waals surface area (Å²) in [5.74, 6) is -4.47. The smallest absolute Gasteiger partial charge is 0.182 e.